The number of rotatable bonds is 10. The fourth-order valence-electron chi connectivity index (χ4n) is 2.31. The van der Waals surface area contributed by atoms with Gasteiger partial charge in [-0.3, -0.25) is 5.04 Å². The summed E-state index contributed by atoms with van der Waals surface area (Å²) in [7, 11) is 0. The molecule has 122 valence electrons. The largest absolute Gasteiger partial charge is 1.00 e. The summed E-state index contributed by atoms with van der Waals surface area (Å²) >= 11 is 0.887. The number of benzene rings is 2. The molecule has 0 spiro atoms. The van der Waals surface area contributed by atoms with E-state index in [0.29, 0.717) is 13.2 Å². The zero-order valence-corrected chi connectivity index (χ0v) is 16.5. The Morgan fingerprint density at radius 3 is 2.42 bits per heavy atom. The first-order valence-electron chi connectivity index (χ1n) is 7.29. The molecule has 0 amide bonds. The van der Waals surface area contributed by atoms with Crippen LogP contribution in [0.4, 0.5) is 0 Å². The molecular weight excluding hydrogens is 335 g/mol. The zero-order valence-electron chi connectivity index (χ0n) is 13.7. The van der Waals surface area contributed by atoms with Crippen molar-refractivity contribution in [1.82, 2.24) is 0 Å². The average Bonchev–Trinajstić information content (AvgIpc) is 2.61. The van der Waals surface area contributed by atoms with Gasteiger partial charge in [0.25, 0.3) is 0 Å². The summed E-state index contributed by atoms with van der Waals surface area (Å²) in [6, 6.07) is 18.1. The summed E-state index contributed by atoms with van der Waals surface area (Å²) in [5.41, 5.74) is 2.44. The maximum Gasteiger partial charge on any atom is 1.00 e. The normalized spacial score (nSPS) is 11.5. The molecule has 0 bridgehead atoms. The van der Waals surface area contributed by atoms with Crippen molar-refractivity contribution in [3.05, 3.63) is 78.4 Å². The van der Waals surface area contributed by atoms with E-state index in [4.69, 9.17) is 4.74 Å². The molecule has 24 heavy (non-hydrogen) atoms. The summed E-state index contributed by atoms with van der Waals surface area (Å²) in [5, 5.41) is 13.2. The van der Waals surface area contributed by atoms with E-state index in [0.717, 1.165) is 23.4 Å². The van der Waals surface area contributed by atoms with Crippen molar-refractivity contribution < 1.29 is 48.9 Å². The summed E-state index contributed by atoms with van der Waals surface area (Å²) < 4.78 is 9.98. The number of hydrogen-bond donors (Lipinski definition) is 0. The van der Waals surface area contributed by atoms with Gasteiger partial charge >= 0.3 is 29.6 Å². The molecule has 0 aliphatic heterocycles. The van der Waals surface area contributed by atoms with Gasteiger partial charge < -0.3 is 9.99 Å². The zero-order chi connectivity index (χ0) is 16.3. The smallest absolute Gasteiger partial charge is 0.691 e. The first-order valence-corrected chi connectivity index (χ1v) is 8.03. The summed E-state index contributed by atoms with van der Waals surface area (Å²) in [5.74, 6) is 0.244. The van der Waals surface area contributed by atoms with Gasteiger partial charge in [-0.25, -0.2) is 0 Å². The molecule has 0 radical (unpaired) electrons. The van der Waals surface area contributed by atoms with Crippen molar-refractivity contribution in [2.75, 3.05) is 13.2 Å². The van der Waals surface area contributed by atoms with Crippen LogP contribution in [0.5, 0.6) is 0 Å². The second-order valence-corrected chi connectivity index (χ2v) is 5.78. The van der Waals surface area contributed by atoms with Gasteiger partial charge in [-0.2, -0.15) is 4.33 Å². The Morgan fingerprint density at radius 1 is 1.08 bits per heavy atom. The van der Waals surface area contributed by atoms with E-state index < -0.39 is 0 Å². The molecule has 2 aromatic carbocycles. The van der Waals surface area contributed by atoms with Gasteiger partial charge in [0, 0.05) is 10.8 Å². The molecule has 0 N–H and O–H groups in total. The molecule has 0 heterocycles. The molecule has 2 rings (SSSR count). The summed E-state index contributed by atoms with van der Waals surface area (Å²) in [4.78, 5) is 0.801. The van der Waals surface area contributed by atoms with E-state index in [-0.39, 0.29) is 35.5 Å². The van der Waals surface area contributed by atoms with Crippen LogP contribution in [0.15, 0.2) is 72.1 Å². The van der Waals surface area contributed by atoms with E-state index in [1.165, 1.54) is 11.1 Å². The average molecular weight is 354 g/mol. The fraction of sp³-hybridized carbons (Fsp3) is 0.222. The van der Waals surface area contributed by atoms with Crippen LogP contribution in [-0.2, 0) is 20.5 Å². The molecule has 1 unspecified atom stereocenters. The van der Waals surface area contributed by atoms with Gasteiger partial charge in [-0.05, 0) is 29.7 Å². The van der Waals surface area contributed by atoms with Crippen LogP contribution in [0.2, 0.25) is 0 Å². The summed E-state index contributed by atoms with van der Waals surface area (Å²) in [6.45, 7) is 4.83. The van der Waals surface area contributed by atoms with Crippen LogP contribution in [0.1, 0.15) is 17.0 Å². The van der Waals surface area contributed by atoms with Crippen molar-refractivity contribution in [2.45, 2.75) is 17.2 Å². The monoisotopic (exact) mass is 354 g/mol. The third kappa shape index (κ3) is 7.51. The molecule has 4 nitrogen and oxygen atoms in total. The Hall–Kier alpha value is -0.630. The van der Waals surface area contributed by atoms with Crippen LogP contribution < -0.4 is 34.8 Å². The van der Waals surface area contributed by atoms with Crippen molar-refractivity contribution in [1.29, 1.82) is 0 Å². The molecule has 0 saturated carbocycles. The topological polar surface area (TPSA) is 50.8 Å². The van der Waals surface area contributed by atoms with Crippen LogP contribution in [0.3, 0.4) is 0 Å². The summed E-state index contributed by atoms with van der Waals surface area (Å²) in [6.07, 6.45) is 2.64. The molecule has 0 aliphatic rings. The molecule has 0 aromatic heterocycles. The Bertz CT molecular complexity index is 577. The van der Waals surface area contributed by atoms with Crippen LogP contribution in [0.25, 0.3) is 0 Å². The third-order valence-electron chi connectivity index (χ3n) is 3.39. The maximum atomic E-state index is 9.86. The molecule has 6 heteroatoms. The Labute approximate surface area is 169 Å². The molecule has 0 fully saturated rings. The second-order valence-electron chi connectivity index (χ2n) is 5.00. The molecule has 0 aliphatic carbocycles. The first kappa shape index (κ1) is 21.4. The molecule has 0 saturated heterocycles. The quantitative estimate of drug-likeness (QED) is 0.155. The maximum absolute atomic E-state index is 9.86. The van der Waals surface area contributed by atoms with Gasteiger partial charge in [-0.15, -0.1) is 6.58 Å². The van der Waals surface area contributed by atoms with Gasteiger partial charge in [0.1, 0.15) is 0 Å². The minimum atomic E-state index is 0. The Kier molecular flexibility index (Phi) is 11.3. The Balaban J connectivity index is 0.00000288. The minimum absolute atomic E-state index is 0. The predicted octanol–water partition coefficient (Wildman–Crippen LogP) is 0.450. The van der Waals surface area contributed by atoms with Crippen molar-refractivity contribution in [2.24, 2.45) is 0 Å². The molecule has 2 aromatic rings. The van der Waals surface area contributed by atoms with Gasteiger partial charge in [0.15, 0.2) is 0 Å². The number of ether oxygens (including phenoxy) is 1. The van der Waals surface area contributed by atoms with Crippen LogP contribution in [0, 0.1) is 0 Å². The Morgan fingerprint density at radius 2 is 1.79 bits per heavy atom. The van der Waals surface area contributed by atoms with E-state index in [9.17, 15) is 5.26 Å². The van der Waals surface area contributed by atoms with Gasteiger partial charge in [0.2, 0.25) is 0 Å². The SMILES string of the molecule is C=CCOCC(Cc1ccccc1)c1ccc(SOO[O-])cc1.[Na+]. The number of hydrogen-bond acceptors (Lipinski definition) is 5. The molecule has 1 atom stereocenters. The van der Waals surface area contributed by atoms with Crippen LogP contribution >= 0.6 is 12.0 Å². The van der Waals surface area contributed by atoms with Crippen molar-refractivity contribution in [3.8, 4) is 0 Å². The predicted molar refractivity (Wildman–Crippen MR) is 88.4 cm³/mol. The van der Waals surface area contributed by atoms with Crippen molar-refractivity contribution >= 4 is 12.0 Å². The minimum Gasteiger partial charge on any atom is -0.691 e. The first-order chi connectivity index (χ1) is 11.3. The third-order valence-corrected chi connectivity index (χ3v) is 3.98. The van der Waals surface area contributed by atoms with Crippen LogP contribution in [-0.4, -0.2) is 13.2 Å². The standard InChI is InChI=1S/C18H20O4S.Na/c1-2-12-20-14-17(13-15-6-4-3-5-7-15)16-8-10-18(11-9-16)23-22-21-19;/h2-11,17,19H,1,12-14H2;/q;+1/p-1. The van der Waals surface area contributed by atoms with Gasteiger partial charge in [0.05, 0.1) is 25.3 Å². The van der Waals surface area contributed by atoms with Crippen molar-refractivity contribution in [3.63, 3.8) is 0 Å². The second kappa shape index (κ2) is 12.7. The van der Waals surface area contributed by atoms with E-state index in [2.05, 4.69) is 28.1 Å². The van der Waals surface area contributed by atoms with E-state index >= 15 is 0 Å². The fourth-order valence-corrected chi connectivity index (χ4v) is 2.67. The van der Waals surface area contributed by atoms with E-state index in [1.54, 1.807) is 6.08 Å². The molecular formula is C18H19NaO4S. The van der Waals surface area contributed by atoms with E-state index in [1.807, 2.05) is 42.5 Å². The van der Waals surface area contributed by atoms with Gasteiger partial charge in [-0.1, -0.05) is 48.5 Å².